The Labute approximate surface area is 155 Å². The molecule has 0 radical (unpaired) electrons. The Bertz CT molecular complexity index is 901. The van der Waals surface area contributed by atoms with Crippen molar-refractivity contribution in [3.05, 3.63) is 69.8 Å². The highest BCUT2D eigenvalue weighted by molar-refractivity contribution is 5.91. The van der Waals surface area contributed by atoms with Crippen molar-refractivity contribution in [2.24, 2.45) is 0 Å². The average Bonchev–Trinajstić information content (AvgIpc) is 2.64. The van der Waals surface area contributed by atoms with E-state index in [2.05, 4.69) is 22.5 Å². The van der Waals surface area contributed by atoms with E-state index >= 15 is 0 Å². The van der Waals surface area contributed by atoms with Crippen LogP contribution in [0, 0.1) is 22.0 Å². The van der Waals surface area contributed by atoms with E-state index in [1.165, 1.54) is 19.1 Å². The zero-order valence-corrected chi connectivity index (χ0v) is 14.5. The third-order valence-electron chi connectivity index (χ3n) is 3.27. The zero-order chi connectivity index (χ0) is 19.6. The second kappa shape index (κ2) is 9.58. The summed E-state index contributed by atoms with van der Waals surface area (Å²) in [6, 6.07) is 13.4. The number of carbonyl (C=O) groups excluding carboxylic acids is 2. The van der Waals surface area contributed by atoms with Gasteiger partial charge in [-0.25, -0.2) is 4.79 Å². The lowest BCUT2D eigenvalue weighted by Gasteiger charge is -2.04. The van der Waals surface area contributed by atoms with Crippen LogP contribution in [0.15, 0.2) is 48.5 Å². The van der Waals surface area contributed by atoms with Crippen molar-refractivity contribution in [3.8, 4) is 11.8 Å². The molecule has 0 aliphatic heterocycles. The van der Waals surface area contributed by atoms with Gasteiger partial charge in [-0.3, -0.25) is 14.9 Å². The Balaban J connectivity index is 1.89. The Hall–Kier alpha value is -3.86. The van der Waals surface area contributed by atoms with Crippen molar-refractivity contribution in [1.29, 1.82) is 0 Å². The molecule has 0 saturated carbocycles. The standard InChI is InChI=1S/C19H17N3O5/c1-14(23)21-17-10-9-15(12-18(17)22(25)26)8-5-11-20-19(24)27-13-16-6-3-2-4-7-16/h2-4,6-7,9-10,12H,11,13H2,1H3,(H,20,24)(H,21,23). The lowest BCUT2D eigenvalue weighted by molar-refractivity contribution is -0.383. The van der Waals surface area contributed by atoms with E-state index < -0.39 is 16.9 Å². The minimum atomic E-state index is -0.611. The van der Waals surface area contributed by atoms with Crippen LogP contribution in [0.2, 0.25) is 0 Å². The van der Waals surface area contributed by atoms with Crippen LogP contribution in [0.25, 0.3) is 0 Å². The van der Waals surface area contributed by atoms with Crippen molar-refractivity contribution < 1.29 is 19.2 Å². The molecule has 0 aromatic heterocycles. The maximum atomic E-state index is 11.6. The van der Waals surface area contributed by atoms with Crippen molar-refractivity contribution in [2.45, 2.75) is 13.5 Å². The van der Waals surface area contributed by atoms with E-state index in [0.717, 1.165) is 5.56 Å². The number of nitro groups is 1. The van der Waals surface area contributed by atoms with Crippen molar-refractivity contribution >= 4 is 23.4 Å². The number of benzene rings is 2. The third-order valence-corrected chi connectivity index (χ3v) is 3.27. The molecule has 0 aliphatic carbocycles. The molecule has 138 valence electrons. The van der Waals surface area contributed by atoms with Gasteiger partial charge < -0.3 is 15.4 Å². The number of ether oxygens (including phenoxy) is 1. The Morgan fingerprint density at radius 3 is 2.59 bits per heavy atom. The molecule has 27 heavy (non-hydrogen) atoms. The molecule has 0 spiro atoms. The van der Waals surface area contributed by atoms with Gasteiger partial charge in [-0.2, -0.15) is 0 Å². The molecule has 8 heteroatoms. The Morgan fingerprint density at radius 2 is 1.93 bits per heavy atom. The summed E-state index contributed by atoms with van der Waals surface area (Å²) in [5.41, 5.74) is 1.09. The largest absolute Gasteiger partial charge is 0.445 e. The van der Waals surface area contributed by atoms with Gasteiger partial charge in [0.25, 0.3) is 5.69 Å². The quantitative estimate of drug-likeness (QED) is 0.480. The summed E-state index contributed by atoms with van der Waals surface area (Å²) in [6.45, 7) is 1.44. The Morgan fingerprint density at radius 1 is 1.19 bits per heavy atom. The molecule has 2 aromatic carbocycles. The van der Waals surface area contributed by atoms with Crippen LogP contribution in [0.4, 0.5) is 16.2 Å². The molecule has 8 nitrogen and oxygen atoms in total. The molecule has 0 unspecified atom stereocenters. The highest BCUT2D eigenvalue weighted by Crippen LogP contribution is 2.25. The number of nitro benzene ring substituents is 1. The molecule has 0 aliphatic rings. The molecule has 2 amide bonds. The molecule has 0 saturated heterocycles. The summed E-state index contributed by atoms with van der Waals surface area (Å²) in [5, 5.41) is 16.0. The minimum absolute atomic E-state index is 0.0227. The average molecular weight is 367 g/mol. The molecule has 0 fully saturated rings. The number of carbonyl (C=O) groups is 2. The number of nitrogens with one attached hydrogen (secondary N) is 2. The van der Waals surface area contributed by atoms with Gasteiger partial charge in [-0.1, -0.05) is 42.2 Å². The molecular weight excluding hydrogens is 350 g/mol. The summed E-state index contributed by atoms with van der Waals surface area (Å²) in [6.07, 6.45) is -0.611. The fourth-order valence-corrected chi connectivity index (χ4v) is 2.09. The zero-order valence-electron chi connectivity index (χ0n) is 14.5. The SMILES string of the molecule is CC(=O)Nc1ccc(C#CCNC(=O)OCc2ccccc2)cc1[N+](=O)[O-]. The van der Waals surface area contributed by atoms with Gasteiger partial charge in [0.2, 0.25) is 5.91 Å². The number of hydrogen-bond donors (Lipinski definition) is 2. The maximum Gasteiger partial charge on any atom is 0.408 e. The molecule has 2 aromatic rings. The first kappa shape index (κ1) is 19.5. The van der Waals surface area contributed by atoms with E-state index in [-0.39, 0.29) is 24.5 Å². The summed E-state index contributed by atoms with van der Waals surface area (Å²) < 4.78 is 5.04. The first-order chi connectivity index (χ1) is 13.0. The van der Waals surface area contributed by atoms with Crippen LogP contribution < -0.4 is 10.6 Å². The van der Waals surface area contributed by atoms with Crippen LogP contribution in [-0.2, 0) is 16.1 Å². The normalized spacial score (nSPS) is 9.52. The van der Waals surface area contributed by atoms with Crippen LogP contribution >= 0.6 is 0 Å². The second-order valence-electron chi connectivity index (χ2n) is 5.39. The fourth-order valence-electron chi connectivity index (χ4n) is 2.09. The monoisotopic (exact) mass is 367 g/mol. The fraction of sp³-hybridized carbons (Fsp3) is 0.158. The number of hydrogen-bond acceptors (Lipinski definition) is 5. The van der Waals surface area contributed by atoms with Gasteiger partial charge in [0, 0.05) is 18.6 Å². The van der Waals surface area contributed by atoms with E-state index in [1.54, 1.807) is 6.07 Å². The number of anilines is 1. The van der Waals surface area contributed by atoms with Gasteiger partial charge in [-0.15, -0.1) is 0 Å². The first-order valence-corrected chi connectivity index (χ1v) is 7.95. The summed E-state index contributed by atoms with van der Waals surface area (Å²) >= 11 is 0. The van der Waals surface area contributed by atoms with Crippen LogP contribution in [0.5, 0.6) is 0 Å². The highest BCUT2D eigenvalue weighted by Gasteiger charge is 2.14. The van der Waals surface area contributed by atoms with Gasteiger partial charge in [-0.05, 0) is 17.7 Å². The van der Waals surface area contributed by atoms with Crippen LogP contribution in [0.1, 0.15) is 18.1 Å². The molecule has 0 heterocycles. The summed E-state index contributed by atoms with van der Waals surface area (Å²) in [7, 11) is 0. The van der Waals surface area contributed by atoms with Crippen molar-refractivity contribution in [2.75, 3.05) is 11.9 Å². The number of alkyl carbamates (subject to hydrolysis) is 1. The van der Waals surface area contributed by atoms with Gasteiger partial charge in [0.15, 0.2) is 0 Å². The lowest BCUT2D eigenvalue weighted by Crippen LogP contribution is -2.24. The van der Waals surface area contributed by atoms with E-state index in [9.17, 15) is 19.7 Å². The highest BCUT2D eigenvalue weighted by atomic mass is 16.6. The van der Waals surface area contributed by atoms with Crippen LogP contribution in [-0.4, -0.2) is 23.5 Å². The lowest BCUT2D eigenvalue weighted by atomic mass is 10.1. The topological polar surface area (TPSA) is 111 Å². The molecule has 0 bridgehead atoms. The number of rotatable bonds is 5. The second-order valence-corrected chi connectivity index (χ2v) is 5.39. The Kier molecular flexibility index (Phi) is 6.91. The van der Waals surface area contributed by atoms with E-state index in [0.29, 0.717) is 5.56 Å². The van der Waals surface area contributed by atoms with Crippen molar-refractivity contribution in [1.82, 2.24) is 5.32 Å². The van der Waals surface area contributed by atoms with E-state index in [1.807, 2.05) is 30.3 Å². The predicted octanol–water partition coefficient (Wildman–Crippen LogP) is 2.83. The summed E-state index contributed by atoms with van der Waals surface area (Å²) in [4.78, 5) is 33.2. The number of nitrogens with zero attached hydrogens (tertiary/aromatic N) is 1. The summed E-state index contributed by atoms with van der Waals surface area (Å²) in [5.74, 6) is 4.99. The molecular formula is C19H17N3O5. The minimum Gasteiger partial charge on any atom is -0.445 e. The maximum absolute atomic E-state index is 11.6. The number of amides is 2. The predicted molar refractivity (Wildman–Crippen MR) is 98.9 cm³/mol. The van der Waals surface area contributed by atoms with Gasteiger partial charge >= 0.3 is 6.09 Å². The smallest absolute Gasteiger partial charge is 0.408 e. The van der Waals surface area contributed by atoms with Crippen molar-refractivity contribution in [3.63, 3.8) is 0 Å². The molecule has 0 atom stereocenters. The molecule has 2 rings (SSSR count). The third kappa shape index (κ3) is 6.51. The molecule has 2 N–H and O–H groups in total. The van der Waals surface area contributed by atoms with E-state index in [4.69, 9.17) is 4.74 Å². The first-order valence-electron chi connectivity index (χ1n) is 7.95. The van der Waals surface area contributed by atoms with Gasteiger partial charge in [0.05, 0.1) is 11.5 Å². The van der Waals surface area contributed by atoms with Crippen LogP contribution in [0.3, 0.4) is 0 Å². The van der Waals surface area contributed by atoms with Gasteiger partial charge in [0.1, 0.15) is 12.3 Å².